The summed E-state index contributed by atoms with van der Waals surface area (Å²) in [5, 5.41) is 9.00. The van der Waals surface area contributed by atoms with Gasteiger partial charge in [0.05, 0.1) is 23.8 Å². The summed E-state index contributed by atoms with van der Waals surface area (Å²) in [6.07, 6.45) is 2.54. The number of thiazole rings is 1. The zero-order valence-corrected chi connectivity index (χ0v) is 17.1. The molecular weight excluding hydrogens is 383 g/mol. The summed E-state index contributed by atoms with van der Waals surface area (Å²) >= 11 is 1.51. The maximum atomic E-state index is 12.2. The zero-order chi connectivity index (χ0) is 16.2. The number of hydrogen-bond acceptors (Lipinski definition) is 6. The summed E-state index contributed by atoms with van der Waals surface area (Å²) < 4.78 is 5.76. The minimum absolute atomic E-state index is 0. The fourth-order valence-corrected chi connectivity index (χ4v) is 4.07. The number of amides is 1. The first-order valence-electron chi connectivity index (χ1n) is 8.44. The number of carbonyl (C=O) groups is 1. The van der Waals surface area contributed by atoms with Gasteiger partial charge in [0.1, 0.15) is 0 Å². The molecule has 3 rings (SSSR count). The highest BCUT2D eigenvalue weighted by Crippen LogP contribution is 2.21. The molecule has 2 saturated heterocycles. The smallest absolute Gasteiger partial charge is 0.230 e. The lowest BCUT2D eigenvalue weighted by atomic mass is 9.99. The molecule has 3 heterocycles. The summed E-state index contributed by atoms with van der Waals surface area (Å²) in [4.78, 5) is 19.2. The van der Waals surface area contributed by atoms with Crippen LogP contribution in [0.4, 0.5) is 5.13 Å². The average molecular weight is 411 g/mol. The van der Waals surface area contributed by atoms with Crippen LogP contribution in [-0.4, -0.2) is 54.2 Å². The second-order valence-corrected chi connectivity index (χ2v) is 7.49. The molecule has 144 valence electrons. The Morgan fingerprint density at radius 1 is 1.40 bits per heavy atom. The SMILES string of the molecule is CC1CN(Cc2csc(NC(=O)C3CCCNC3)n2)CC(C)O1.Cl.Cl. The number of ether oxygens (including phenoxy) is 1. The lowest BCUT2D eigenvalue weighted by Crippen LogP contribution is -2.44. The lowest BCUT2D eigenvalue weighted by molar-refractivity contribution is -0.120. The van der Waals surface area contributed by atoms with Crippen molar-refractivity contribution >= 4 is 47.2 Å². The van der Waals surface area contributed by atoms with Crippen molar-refractivity contribution in [3.63, 3.8) is 0 Å². The lowest BCUT2D eigenvalue weighted by Gasteiger charge is -2.34. The molecule has 3 atom stereocenters. The second kappa shape index (κ2) is 10.6. The van der Waals surface area contributed by atoms with Gasteiger partial charge < -0.3 is 15.4 Å². The van der Waals surface area contributed by atoms with Gasteiger partial charge in [0, 0.05) is 31.6 Å². The predicted octanol–water partition coefficient (Wildman–Crippen LogP) is 2.53. The number of halogens is 2. The van der Waals surface area contributed by atoms with Gasteiger partial charge in [-0.25, -0.2) is 4.98 Å². The van der Waals surface area contributed by atoms with Gasteiger partial charge >= 0.3 is 0 Å². The molecule has 6 nitrogen and oxygen atoms in total. The molecule has 0 aromatic carbocycles. The number of nitrogens with one attached hydrogen (secondary N) is 2. The number of carbonyl (C=O) groups excluding carboxylic acids is 1. The number of aromatic nitrogens is 1. The monoisotopic (exact) mass is 410 g/mol. The van der Waals surface area contributed by atoms with E-state index in [0.29, 0.717) is 5.13 Å². The molecular formula is C16H28Cl2N4O2S. The van der Waals surface area contributed by atoms with E-state index in [4.69, 9.17) is 4.74 Å². The minimum atomic E-state index is 0. The Bertz CT molecular complexity index is 530. The normalized spacial score (nSPS) is 27.0. The first-order chi connectivity index (χ1) is 11.1. The van der Waals surface area contributed by atoms with E-state index in [1.807, 2.05) is 5.38 Å². The van der Waals surface area contributed by atoms with Gasteiger partial charge in [-0.1, -0.05) is 0 Å². The highest BCUT2D eigenvalue weighted by Gasteiger charge is 2.24. The summed E-state index contributed by atoms with van der Waals surface area (Å²) in [5.41, 5.74) is 1.02. The molecule has 0 spiro atoms. The third-order valence-corrected chi connectivity index (χ3v) is 5.14. The molecule has 1 amide bonds. The van der Waals surface area contributed by atoms with Crippen LogP contribution in [0.15, 0.2) is 5.38 Å². The Labute approximate surface area is 165 Å². The molecule has 0 saturated carbocycles. The van der Waals surface area contributed by atoms with Gasteiger partial charge in [0.25, 0.3) is 0 Å². The Morgan fingerprint density at radius 3 is 2.76 bits per heavy atom. The van der Waals surface area contributed by atoms with E-state index in [1.54, 1.807) is 0 Å². The van der Waals surface area contributed by atoms with Crippen molar-refractivity contribution in [2.75, 3.05) is 31.5 Å². The molecule has 1 aromatic heterocycles. The van der Waals surface area contributed by atoms with Crippen molar-refractivity contribution in [3.8, 4) is 0 Å². The average Bonchev–Trinajstić information content (AvgIpc) is 2.94. The summed E-state index contributed by atoms with van der Waals surface area (Å²) in [6.45, 7) is 8.67. The van der Waals surface area contributed by atoms with Gasteiger partial charge in [-0.2, -0.15) is 0 Å². The molecule has 2 aliphatic heterocycles. The van der Waals surface area contributed by atoms with E-state index in [0.717, 1.165) is 51.3 Å². The predicted molar refractivity (Wildman–Crippen MR) is 106 cm³/mol. The van der Waals surface area contributed by atoms with Crippen molar-refractivity contribution < 1.29 is 9.53 Å². The van der Waals surface area contributed by atoms with Crippen LogP contribution >= 0.6 is 36.2 Å². The maximum absolute atomic E-state index is 12.2. The molecule has 2 fully saturated rings. The Kier molecular flexibility index (Phi) is 9.62. The maximum Gasteiger partial charge on any atom is 0.230 e. The van der Waals surface area contributed by atoms with Crippen LogP contribution in [0.2, 0.25) is 0 Å². The molecule has 2 aliphatic rings. The van der Waals surface area contributed by atoms with Gasteiger partial charge in [-0.3, -0.25) is 9.69 Å². The van der Waals surface area contributed by atoms with E-state index in [1.165, 1.54) is 11.3 Å². The van der Waals surface area contributed by atoms with Crippen molar-refractivity contribution in [3.05, 3.63) is 11.1 Å². The molecule has 0 bridgehead atoms. The largest absolute Gasteiger partial charge is 0.373 e. The first kappa shape index (κ1) is 22.6. The van der Waals surface area contributed by atoms with Crippen molar-refractivity contribution in [1.82, 2.24) is 15.2 Å². The fraction of sp³-hybridized carbons (Fsp3) is 0.750. The fourth-order valence-electron chi connectivity index (χ4n) is 3.36. The molecule has 25 heavy (non-hydrogen) atoms. The van der Waals surface area contributed by atoms with Gasteiger partial charge in [-0.15, -0.1) is 36.2 Å². The summed E-state index contributed by atoms with van der Waals surface area (Å²) in [5.74, 6) is 0.156. The van der Waals surface area contributed by atoms with Crippen LogP contribution in [0.3, 0.4) is 0 Å². The Morgan fingerprint density at radius 2 is 2.12 bits per heavy atom. The van der Waals surface area contributed by atoms with Crippen LogP contribution in [0, 0.1) is 5.92 Å². The zero-order valence-electron chi connectivity index (χ0n) is 14.7. The summed E-state index contributed by atoms with van der Waals surface area (Å²) in [6, 6.07) is 0. The molecule has 0 radical (unpaired) electrons. The van der Waals surface area contributed by atoms with E-state index in [9.17, 15) is 4.79 Å². The first-order valence-corrected chi connectivity index (χ1v) is 9.32. The number of rotatable bonds is 4. The third-order valence-electron chi connectivity index (χ3n) is 4.33. The van der Waals surface area contributed by atoms with Crippen LogP contribution < -0.4 is 10.6 Å². The number of anilines is 1. The van der Waals surface area contributed by atoms with Crippen LogP contribution in [0.5, 0.6) is 0 Å². The summed E-state index contributed by atoms with van der Waals surface area (Å²) in [7, 11) is 0. The van der Waals surface area contributed by atoms with E-state index in [2.05, 4.69) is 34.4 Å². The molecule has 0 aliphatic carbocycles. The van der Waals surface area contributed by atoms with Crippen LogP contribution in [0.1, 0.15) is 32.4 Å². The molecule has 9 heteroatoms. The second-order valence-electron chi connectivity index (χ2n) is 6.63. The Balaban J connectivity index is 0.00000156. The van der Waals surface area contributed by atoms with Crippen LogP contribution in [-0.2, 0) is 16.1 Å². The van der Waals surface area contributed by atoms with Crippen molar-refractivity contribution in [1.29, 1.82) is 0 Å². The van der Waals surface area contributed by atoms with Gasteiger partial charge in [0.2, 0.25) is 5.91 Å². The standard InChI is InChI=1S/C16H26N4O2S.2ClH/c1-11-7-20(8-12(2)22-11)9-14-10-23-16(18-14)19-15(21)13-4-3-5-17-6-13;;/h10-13,17H,3-9H2,1-2H3,(H,18,19,21);2*1H. The Hall–Kier alpha value is -0.440. The molecule has 2 N–H and O–H groups in total. The van der Waals surface area contributed by atoms with E-state index >= 15 is 0 Å². The molecule has 1 aromatic rings. The van der Waals surface area contributed by atoms with Gasteiger partial charge in [-0.05, 0) is 33.2 Å². The number of hydrogen-bond donors (Lipinski definition) is 2. The number of nitrogens with zero attached hydrogens (tertiary/aromatic N) is 2. The number of piperidine rings is 1. The minimum Gasteiger partial charge on any atom is -0.373 e. The highest BCUT2D eigenvalue weighted by atomic mass is 35.5. The third kappa shape index (κ3) is 6.66. The van der Waals surface area contributed by atoms with Crippen molar-refractivity contribution in [2.24, 2.45) is 5.92 Å². The molecule has 3 unspecified atom stereocenters. The van der Waals surface area contributed by atoms with Gasteiger partial charge in [0.15, 0.2) is 5.13 Å². The topological polar surface area (TPSA) is 66.5 Å². The van der Waals surface area contributed by atoms with E-state index < -0.39 is 0 Å². The quantitative estimate of drug-likeness (QED) is 0.797. The van der Waals surface area contributed by atoms with E-state index in [-0.39, 0.29) is 48.8 Å². The highest BCUT2D eigenvalue weighted by molar-refractivity contribution is 7.13. The van der Waals surface area contributed by atoms with Crippen molar-refractivity contribution in [2.45, 2.75) is 45.4 Å². The van der Waals surface area contributed by atoms with Crippen LogP contribution in [0.25, 0.3) is 0 Å². The number of morpholine rings is 1.